The highest BCUT2D eigenvalue weighted by Crippen LogP contribution is 2.36. The lowest BCUT2D eigenvalue weighted by Crippen LogP contribution is -2.20. The molecule has 1 unspecified atom stereocenters. The molecule has 0 bridgehead atoms. The van der Waals surface area contributed by atoms with E-state index in [2.05, 4.69) is 26.0 Å². The quantitative estimate of drug-likeness (QED) is 0.731. The molecule has 21 heavy (non-hydrogen) atoms. The average molecular weight is 291 g/mol. The normalized spacial score (nSPS) is 16.3. The molecule has 1 aliphatic rings. The third-order valence-corrected chi connectivity index (χ3v) is 4.13. The van der Waals surface area contributed by atoms with Gasteiger partial charge in [0, 0.05) is 6.04 Å². The van der Waals surface area contributed by atoms with Crippen LogP contribution in [0.3, 0.4) is 0 Å². The fourth-order valence-electron chi connectivity index (χ4n) is 2.64. The summed E-state index contributed by atoms with van der Waals surface area (Å²) in [5.74, 6) is 2.49. The summed E-state index contributed by atoms with van der Waals surface area (Å²) in [6.45, 7) is 5.65. The number of benzene rings is 1. The van der Waals surface area contributed by atoms with Crippen molar-refractivity contribution in [1.82, 2.24) is 0 Å². The van der Waals surface area contributed by atoms with Crippen molar-refractivity contribution in [3.8, 4) is 11.5 Å². The number of hydrogen-bond acceptors (Lipinski definition) is 3. The van der Waals surface area contributed by atoms with E-state index >= 15 is 0 Å². The molecular formula is C18H29NO2. The molecule has 1 aromatic rings. The fraction of sp³-hybridized carbons (Fsp3) is 0.667. The summed E-state index contributed by atoms with van der Waals surface area (Å²) in [4.78, 5) is 0. The van der Waals surface area contributed by atoms with Crippen LogP contribution < -0.4 is 15.2 Å². The standard InChI is InChI=1S/C18H29NO2/c1-3-10-20-17-9-8-15(13-18(17)21-11-4-2)16(19)12-14-6-5-7-14/h8-9,13-14,16H,3-7,10-12,19H2,1-2H3. The molecule has 2 N–H and O–H groups in total. The van der Waals surface area contributed by atoms with Gasteiger partial charge in [-0.05, 0) is 42.9 Å². The second-order valence-electron chi connectivity index (χ2n) is 6.04. The summed E-state index contributed by atoms with van der Waals surface area (Å²) in [5.41, 5.74) is 7.52. The van der Waals surface area contributed by atoms with Gasteiger partial charge in [0.15, 0.2) is 11.5 Å². The van der Waals surface area contributed by atoms with Crippen LogP contribution in [0.25, 0.3) is 0 Å². The van der Waals surface area contributed by atoms with Crippen LogP contribution in [0.15, 0.2) is 18.2 Å². The fourth-order valence-corrected chi connectivity index (χ4v) is 2.64. The Morgan fingerprint density at radius 2 is 1.76 bits per heavy atom. The van der Waals surface area contributed by atoms with Crippen LogP contribution in [0.4, 0.5) is 0 Å². The molecule has 118 valence electrons. The molecule has 2 rings (SSSR count). The topological polar surface area (TPSA) is 44.5 Å². The lowest BCUT2D eigenvalue weighted by Gasteiger charge is -2.28. The van der Waals surface area contributed by atoms with Gasteiger partial charge in [-0.2, -0.15) is 0 Å². The Balaban J connectivity index is 2.06. The van der Waals surface area contributed by atoms with Crippen LogP contribution in [0.1, 0.15) is 64.0 Å². The Bertz CT molecular complexity index is 429. The van der Waals surface area contributed by atoms with Crippen molar-refractivity contribution in [3.63, 3.8) is 0 Å². The number of rotatable bonds is 9. The molecule has 1 fully saturated rings. The SMILES string of the molecule is CCCOc1ccc(C(N)CC2CCC2)cc1OCCC. The Morgan fingerprint density at radius 3 is 2.33 bits per heavy atom. The zero-order chi connectivity index (χ0) is 15.1. The number of hydrogen-bond donors (Lipinski definition) is 1. The molecule has 0 aliphatic heterocycles. The van der Waals surface area contributed by atoms with E-state index < -0.39 is 0 Å². The average Bonchev–Trinajstić information content (AvgIpc) is 2.46. The van der Waals surface area contributed by atoms with Crippen LogP contribution >= 0.6 is 0 Å². The Kier molecular flexibility index (Phi) is 6.37. The van der Waals surface area contributed by atoms with Gasteiger partial charge < -0.3 is 15.2 Å². The van der Waals surface area contributed by atoms with Crippen molar-refractivity contribution < 1.29 is 9.47 Å². The second-order valence-corrected chi connectivity index (χ2v) is 6.04. The Morgan fingerprint density at radius 1 is 1.10 bits per heavy atom. The molecule has 0 aromatic heterocycles. The molecular weight excluding hydrogens is 262 g/mol. The molecule has 1 aromatic carbocycles. The minimum Gasteiger partial charge on any atom is -0.490 e. The molecule has 3 heteroatoms. The summed E-state index contributed by atoms with van der Waals surface area (Å²) in [6, 6.07) is 6.28. The first kappa shape index (κ1) is 16.2. The lowest BCUT2D eigenvalue weighted by molar-refractivity contribution is 0.265. The monoisotopic (exact) mass is 291 g/mol. The van der Waals surface area contributed by atoms with Crippen LogP contribution in [0.2, 0.25) is 0 Å². The Labute approximate surface area is 128 Å². The van der Waals surface area contributed by atoms with Gasteiger partial charge in [-0.3, -0.25) is 0 Å². The summed E-state index contributed by atoms with van der Waals surface area (Å²) in [6.07, 6.45) is 7.12. The highest BCUT2D eigenvalue weighted by atomic mass is 16.5. The highest BCUT2D eigenvalue weighted by molar-refractivity contribution is 5.44. The van der Waals surface area contributed by atoms with E-state index in [4.69, 9.17) is 15.2 Å². The first-order valence-corrected chi connectivity index (χ1v) is 8.39. The molecule has 0 amide bonds. The summed E-state index contributed by atoms with van der Waals surface area (Å²) in [7, 11) is 0. The van der Waals surface area contributed by atoms with E-state index in [1.54, 1.807) is 0 Å². The first-order valence-electron chi connectivity index (χ1n) is 8.39. The van der Waals surface area contributed by atoms with Crippen LogP contribution in [0.5, 0.6) is 11.5 Å². The van der Waals surface area contributed by atoms with Crippen LogP contribution in [-0.2, 0) is 0 Å². The van der Waals surface area contributed by atoms with E-state index in [-0.39, 0.29) is 6.04 Å². The van der Waals surface area contributed by atoms with Crippen molar-refractivity contribution in [3.05, 3.63) is 23.8 Å². The maximum Gasteiger partial charge on any atom is 0.161 e. The lowest BCUT2D eigenvalue weighted by atomic mass is 9.80. The van der Waals surface area contributed by atoms with E-state index in [1.807, 2.05) is 6.07 Å². The maximum absolute atomic E-state index is 6.36. The van der Waals surface area contributed by atoms with Crippen molar-refractivity contribution in [2.45, 2.75) is 58.4 Å². The van der Waals surface area contributed by atoms with E-state index in [9.17, 15) is 0 Å². The highest BCUT2D eigenvalue weighted by Gasteiger charge is 2.21. The molecule has 0 spiro atoms. The third-order valence-electron chi connectivity index (χ3n) is 4.13. The van der Waals surface area contributed by atoms with Crippen molar-refractivity contribution >= 4 is 0 Å². The van der Waals surface area contributed by atoms with Crippen LogP contribution in [-0.4, -0.2) is 13.2 Å². The van der Waals surface area contributed by atoms with Gasteiger partial charge in [-0.25, -0.2) is 0 Å². The molecule has 0 saturated heterocycles. The van der Waals surface area contributed by atoms with E-state index in [0.29, 0.717) is 6.61 Å². The van der Waals surface area contributed by atoms with Crippen molar-refractivity contribution in [1.29, 1.82) is 0 Å². The molecule has 1 aliphatic carbocycles. The van der Waals surface area contributed by atoms with Crippen molar-refractivity contribution in [2.75, 3.05) is 13.2 Å². The van der Waals surface area contributed by atoms with Crippen LogP contribution in [0, 0.1) is 5.92 Å². The molecule has 1 saturated carbocycles. The minimum atomic E-state index is 0.111. The van der Waals surface area contributed by atoms with E-state index in [1.165, 1.54) is 19.3 Å². The summed E-state index contributed by atoms with van der Waals surface area (Å²) in [5, 5.41) is 0. The van der Waals surface area contributed by atoms with E-state index in [0.717, 1.165) is 48.8 Å². The summed E-state index contributed by atoms with van der Waals surface area (Å²) < 4.78 is 11.6. The predicted octanol–water partition coefficient (Wildman–Crippen LogP) is 4.45. The van der Waals surface area contributed by atoms with Gasteiger partial charge >= 0.3 is 0 Å². The zero-order valence-electron chi connectivity index (χ0n) is 13.4. The maximum atomic E-state index is 6.36. The molecule has 0 radical (unpaired) electrons. The van der Waals surface area contributed by atoms with Gasteiger partial charge in [0.1, 0.15) is 0 Å². The minimum absolute atomic E-state index is 0.111. The largest absolute Gasteiger partial charge is 0.490 e. The van der Waals surface area contributed by atoms with Crippen molar-refractivity contribution in [2.24, 2.45) is 11.7 Å². The molecule has 0 heterocycles. The molecule has 1 atom stereocenters. The third kappa shape index (κ3) is 4.63. The van der Waals surface area contributed by atoms with Gasteiger partial charge in [0.05, 0.1) is 13.2 Å². The predicted molar refractivity (Wildman–Crippen MR) is 86.9 cm³/mol. The van der Waals surface area contributed by atoms with Gasteiger partial charge in [0.25, 0.3) is 0 Å². The number of nitrogens with two attached hydrogens (primary N) is 1. The second kappa shape index (κ2) is 8.28. The Hall–Kier alpha value is -1.22. The van der Waals surface area contributed by atoms with Gasteiger partial charge in [-0.1, -0.05) is 39.2 Å². The zero-order valence-corrected chi connectivity index (χ0v) is 13.4. The smallest absolute Gasteiger partial charge is 0.161 e. The van der Waals surface area contributed by atoms with Gasteiger partial charge in [-0.15, -0.1) is 0 Å². The van der Waals surface area contributed by atoms with Gasteiger partial charge in [0.2, 0.25) is 0 Å². The number of ether oxygens (including phenoxy) is 2. The summed E-state index contributed by atoms with van der Waals surface area (Å²) >= 11 is 0. The molecule has 3 nitrogen and oxygen atoms in total. The first-order chi connectivity index (χ1) is 10.2.